The predicted molar refractivity (Wildman–Crippen MR) is 117 cm³/mol. The van der Waals surface area contributed by atoms with Crippen molar-refractivity contribution in [3.8, 4) is 15.8 Å². The van der Waals surface area contributed by atoms with Crippen molar-refractivity contribution in [3.05, 3.63) is 89.5 Å². The van der Waals surface area contributed by atoms with Gasteiger partial charge in [-0.2, -0.15) is 5.10 Å². The number of ether oxygens (including phenoxy) is 1. The number of carbonyl (C=O) groups excluding carboxylic acids is 1. The average molecular weight is 437 g/mol. The van der Waals surface area contributed by atoms with Gasteiger partial charge in [0.05, 0.1) is 5.69 Å². The van der Waals surface area contributed by atoms with E-state index in [0.29, 0.717) is 34.5 Å². The van der Waals surface area contributed by atoms with Crippen molar-refractivity contribution in [1.29, 1.82) is 0 Å². The molecule has 2 heterocycles. The first-order valence-electron chi connectivity index (χ1n) is 9.82. The van der Waals surface area contributed by atoms with Crippen LogP contribution in [0.2, 0.25) is 0 Å². The molecule has 0 saturated carbocycles. The van der Waals surface area contributed by atoms with Crippen LogP contribution in [0.4, 0.5) is 9.18 Å². The fourth-order valence-corrected chi connectivity index (χ4v) is 3.85. The molecule has 4 rings (SSSR count). The third-order valence-electron chi connectivity index (χ3n) is 4.62. The maximum Gasteiger partial charge on any atom is 0.413 e. The van der Waals surface area contributed by atoms with Gasteiger partial charge in [0.1, 0.15) is 16.5 Å². The first-order valence-corrected chi connectivity index (χ1v) is 10.6. The molecule has 0 aliphatic rings. The van der Waals surface area contributed by atoms with Gasteiger partial charge in [0.15, 0.2) is 0 Å². The fourth-order valence-electron chi connectivity index (χ4n) is 2.97. The third-order valence-corrected chi connectivity index (χ3v) is 5.68. The fraction of sp³-hybridized carbons (Fsp3) is 0.174. The van der Waals surface area contributed by atoms with Gasteiger partial charge in [0.2, 0.25) is 5.06 Å². The molecular formula is C23H21FN4O2S. The number of carbonyl (C=O) groups is 1. The number of aryl methyl sites for hydroxylation is 3. The molecule has 0 unspecified atom stereocenters. The van der Waals surface area contributed by atoms with Crippen LogP contribution >= 0.6 is 11.3 Å². The average Bonchev–Trinajstić information content (AvgIpc) is 3.39. The van der Waals surface area contributed by atoms with Crippen LogP contribution in [-0.2, 0) is 19.5 Å². The van der Waals surface area contributed by atoms with Gasteiger partial charge < -0.3 is 10.1 Å². The second-order valence-corrected chi connectivity index (χ2v) is 7.92. The monoisotopic (exact) mass is 436 g/mol. The van der Waals surface area contributed by atoms with E-state index in [2.05, 4.69) is 15.4 Å². The molecule has 0 aliphatic heterocycles. The van der Waals surface area contributed by atoms with E-state index in [1.807, 2.05) is 47.3 Å². The number of halogens is 1. The van der Waals surface area contributed by atoms with Gasteiger partial charge in [0, 0.05) is 19.3 Å². The summed E-state index contributed by atoms with van der Waals surface area (Å²) >= 11 is 1.28. The molecule has 1 amide bonds. The third kappa shape index (κ3) is 5.55. The Balaban J connectivity index is 1.35. The largest absolute Gasteiger partial charge is 0.413 e. The van der Waals surface area contributed by atoms with Gasteiger partial charge in [-0.25, -0.2) is 14.2 Å². The summed E-state index contributed by atoms with van der Waals surface area (Å²) in [5.41, 5.74) is 3.38. The summed E-state index contributed by atoms with van der Waals surface area (Å²) in [5, 5.41) is 8.43. The van der Waals surface area contributed by atoms with Crippen molar-refractivity contribution >= 4 is 17.4 Å². The number of nitrogens with one attached hydrogen (secondary N) is 1. The highest BCUT2D eigenvalue weighted by Crippen LogP contribution is 2.32. The zero-order valence-electron chi connectivity index (χ0n) is 16.9. The molecule has 8 heteroatoms. The van der Waals surface area contributed by atoms with Crippen LogP contribution in [0.5, 0.6) is 5.06 Å². The Morgan fingerprint density at radius 2 is 1.87 bits per heavy atom. The molecule has 2 aromatic carbocycles. The Hall–Kier alpha value is -3.52. The number of thiazole rings is 1. The molecule has 2 aromatic heterocycles. The van der Waals surface area contributed by atoms with Crippen LogP contribution in [0.15, 0.2) is 66.9 Å². The first-order chi connectivity index (χ1) is 15.1. The van der Waals surface area contributed by atoms with E-state index in [0.717, 1.165) is 17.5 Å². The maximum atomic E-state index is 13.0. The lowest BCUT2D eigenvalue weighted by Crippen LogP contribution is -2.26. The summed E-state index contributed by atoms with van der Waals surface area (Å²) < 4.78 is 20.3. The van der Waals surface area contributed by atoms with Crippen molar-refractivity contribution in [3.63, 3.8) is 0 Å². The Bertz CT molecular complexity index is 1160. The van der Waals surface area contributed by atoms with Crippen LogP contribution in [0.25, 0.3) is 10.7 Å². The van der Waals surface area contributed by atoms with Crippen molar-refractivity contribution < 1.29 is 13.9 Å². The summed E-state index contributed by atoms with van der Waals surface area (Å²) in [6, 6.07) is 18.0. The van der Waals surface area contributed by atoms with Crippen LogP contribution in [0, 0.1) is 12.7 Å². The molecule has 4 aromatic rings. The van der Waals surface area contributed by atoms with E-state index < -0.39 is 6.09 Å². The second kappa shape index (κ2) is 9.53. The van der Waals surface area contributed by atoms with Gasteiger partial charge in [-0.1, -0.05) is 53.8 Å². The number of benzene rings is 2. The van der Waals surface area contributed by atoms with Gasteiger partial charge in [-0.3, -0.25) is 4.68 Å². The molecule has 0 fully saturated rings. The normalized spacial score (nSPS) is 10.8. The molecule has 158 valence electrons. The molecule has 0 spiro atoms. The lowest BCUT2D eigenvalue weighted by molar-refractivity contribution is 0.201. The number of hydrogen-bond acceptors (Lipinski definition) is 5. The van der Waals surface area contributed by atoms with Crippen LogP contribution < -0.4 is 10.1 Å². The standard InChI is InChI=1S/C23H21FN4O2S/c1-16-22(30-23(29)25-15-18-5-3-2-4-6-18)31-21(26-16)20-12-14-28(27-20)13-11-17-7-9-19(24)10-8-17/h2-10,12,14H,11,13,15H2,1H3,(H,25,29). The van der Waals surface area contributed by atoms with E-state index in [-0.39, 0.29) is 5.82 Å². The van der Waals surface area contributed by atoms with Crippen LogP contribution in [0.1, 0.15) is 16.8 Å². The first kappa shape index (κ1) is 20.7. The Labute approximate surface area is 183 Å². The molecule has 1 N–H and O–H groups in total. The Morgan fingerprint density at radius 3 is 2.65 bits per heavy atom. The smallest absolute Gasteiger partial charge is 0.397 e. The lowest BCUT2D eigenvalue weighted by atomic mass is 10.1. The molecule has 0 saturated heterocycles. The highest BCUT2D eigenvalue weighted by molar-refractivity contribution is 7.17. The number of nitrogens with zero attached hydrogens (tertiary/aromatic N) is 3. The van der Waals surface area contributed by atoms with Gasteiger partial charge in [-0.15, -0.1) is 0 Å². The maximum absolute atomic E-state index is 13.0. The topological polar surface area (TPSA) is 69.0 Å². The number of aromatic nitrogens is 3. The van der Waals surface area contributed by atoms with E-state index in [9.17, 15) is 9.18 Å². The summed E-state index contributed by atoms with van der Waals surface area (Å²) in [6.45, 7) is 2.86. The van der Waals surface area contributed by atoms with Crippen LogP contribution in [-0.4, -0.2) is 20.9 Å². The van der Waals surface area contributed by atoms with Gasteiger partial charge in [0.25, 0.3) is 0 Å². The zero-order valence-corrected chi connectivity index (χ0v) is 17.7. The van der Waals surface area contributed by atoms with Crippen LogP contribution in [0.3, 0.4) is 0 Å². The minimum atomic E-state index is -0.521. The molecule has 6 nitrogen and oxygen atoms in total. The molecular weight excluding hydrogens is 415 g/mol. The SMILES string of the molecule is Cc1nc(-c2ccn(CCc3ccc(F)cc3)n2)sc1OC(=O)NCc1ccccc1. The van der Waals surface area contributed by atoms with E-state index in [1.54, 1.807) is 19.1 Å². The molecule has 0 aliphatic carbocycles. The van der Waals surface area contributed by atoms with Gasteiger partial charge >= 0.3 is 6.09 Å². The summed E-state index contributed by atoms with van der Waals surface area (Å²) in [6.07, 6.45) is 2.10. The van der Waals surface area contributed by atoms with Crippen molar-refractivity contribution in [2.75, 3.05) is 0 Å². The predicted octanol–water partition coefficient (Wildman–Crippen LogP) is 4.99. The summed E-state index contributed by atoms with van der Waals surface area (Å²) in [7, 11) is 0. The summed E-state index contributed by atoms with van der Waals surface area (Å²) in [4.78, 5) is 16.6. The molecule has 0 bridgehead atoms. The minimum absolute atomic E-state index is 0.240. The number of amides is 1. The number of rotatable bonds is 7. The Kier molecular flexibility index (Phi) is 6.37. The molecule has 0 radical (unpaired) electrons. The summed E-state index contributed by atoms with van der Waals surface area (Å²) in [5.74, 6) is -0.240. The molecule has 0 atom stereocenters. The highest BCUT2D eigenvalue weighted by Gasteiger charge is 2.16. The van der Waals surface area contributed by atoms with Gasteiger partial charge in [-0.05, 0) is 42.7 Å². The van der Waals surface area contributed by atoms with E-state index in [1.165, 1.54) is 23.5 Å². The van der Waals surface area contributed by atoms with Crippen molar-refractivity contribution in [2.45, 2.75) is 26.4 Å². The minimum Gasteiger partial charge on any atom is -0.397 e. The number of hydrogen-bond donors (Lipinski definition) is 1. The zero-order chi connectivity index (χ0) is 21.6. The molecule has 31 heavy (non-hydrogen) atoms. The Morgan fingerprint density at radius 1 is 1.10 bits per heavy atom. The van der Waals surface area contributed by atoms with Crippen molar-refractivity contribution in [2.24, 2.45) is 0 Å². The second-order valence-electron chi connectivity index (χ2n) is 6.96. The van der Waals surface area contributed by atoms with E-state index in [4.69, 9.17) is 4.74 Å². The van der Waals surface area contributed by atoms with E-state index >= 15 is 0 Å². The van der Waals surface area contributed by atoms with Crippen molar-refractivity contribution in [1.82, 2.24) is 20.1 Å². The highest BCUT2D eigenvalue weighted by atomic mass is 32.1. The quantitative estimate of drug-likeness (QED) is 0.443. The lowest BCUT2D eigenvalue weighted by Gasteiger charge is -2.05.